The minimum Gasteiger partial charge on any atom is -0.496 e. The van der Waals surface area contributed by atoms with Crippen LogP contribution in [0.15, 0.2) is 41.8 Å². The van der Waals surface area contributed by atoms with Crippen molar-refractivity contribution in [2.45, 2.75) is 25.6 Å². The Labute approximate surface area is 175 Å². The van der Waals surface area contributed by atoms with E-state index >= 15 is 0 Å². The van der Waals surface area contributed by atoms with Crippen LogP contribution in [0, 0.1) is 0 Å². The number of hydrogen-bond acceptors (Lipinski definition) is 6. The molecular formula is C21H27N3O4S. The van der Waals surface area contributed by atoms with E-state index in [1.807, 2.05) is 42.6 Å². The van der Waals surface area contributed by atoms with Gasteiger partial charge in [0, 0.05) is 36.1 Å². The molecule has 0 aliphatic carbocycles. The van der Waals surface area contributed by atoms with E-state index in [9.17, 15) is 9.59 Å². The van der Waals surface area contributed by atoms with E-state index in [0.29, 0.717) is 19.0 Å². The van der Waals surface area contributed by atoms with E-state index in [1.54, 1.807) is 18.4 Å². The van der Waals surface area contributed by atoms with Gasteiger partial charge in [-0.15, -0.1) is 11.3 Å². The first-order valence-corrected chi connectivity index (χ1v) is 10.5. The van der Waals surface area contributed by atoms with Gasteiger partial charge in [-0.05, 0) is 24.4 Å². The SMILES string of the molecule is COc1ccccc1CNC(=O)C(=O)NC(C)C(c1cccs1)N1CCOCC1. The summed E-state index contributed by atoms with van der Waals surface area (Å²) in [4.78, 5) is 28.3. The number of nitrogens with one attached hydrogen (secondary N) is 2. The number of benzene rings is 1. The zero-order chi connectivity index (χ0) is 20.6. The van der Waals surface area contributed by atoms with Crippen molar-refractivity contribution in [1.29, 1.82) is 0 Å². The van der Waals surface area contributed by atoms with Crippen molar-refractivity contribution in [3.8, 4) is 5.75 Å². The lowest BCUT2D eigenvalue weighted by atomic mass is 10.1. The Morgan fingerprint density at radius 1 is 1.17 bits per heavy atom. The number of morpholine rings is 1. The van der Waals surface area contributed by atoms with Crippen LogP contribution in [0.25, 0.3) is 0 Å². The molecule has 1 saturated heterocycles. The Kier molecular flexibility index (Phi) is 7.62. The minimum atomic E-state index is -0.658. The highest BCUT2D eigenvalue weighted by atomic mass is 32.1. The number of methoxy groups -OCH3 is 1. The number of hydrogen-bond donors (Lipinski definition) is 2. The summed E-state index contributed by atoms with van der Waals surface area (Å²) in [6, 6.07) is 11.2. The predicted molar refractivity (Wildman–Crippen MR) is 112 cm³/mol. The maximum Gasteiger partial charge on any atom is 0.309 e. The molecule has 2 heterocycles. The molecule has 2 unspecified atom stereocenters. The van der Waals surface area contributed by atoms with Gasteiger partial charge in [0.1, 0.15) is 5.75 Å². The maximum absolute atomic E-state index is 12.5. The lowest BCUT2D eigenvalue weighted by Crippen LogP contribution is -2.51. The van der Waals surface area contributed by atoms with Gasteiger partial charge >= 0.3 is 11.8 Å². The van der Waals surface area contributed by atoms with E-state index in [4.69, 9.17) is 9.47 Å². The Hall–Kier alpha value is -2.42. The second kappa shape index (κ2) is 10.4. The van der Waals surface area contributed by atoms with Gasteiger partial charge in [0.2, 0.25) is 0 Å². The molecule has 3 rings (SSSR count). The molecule has 2 aromatic rings. The number of nitrogens with zero attached hydrogens (tertiary/aromatic N) is 1. The second-order valence-electron chi connectivity index (χ2n) is 6.87. The number of thiophene rings is 1. The fourth-order valence-corrected chi connectivity index (χ4v) is 4.48. The quantitative estimate of drug-likeness (QED) is 0.673. The number of carbonyl (C=O) groups excluding carboxylic acids is 2. The Bertz CT molecular complexity index is 806. The summed E-state index contributed by atoms with van der Waals surface area (Å²) in [6.45, 7) is 5.09. The first kappa shape index (κ1) is 21.3. The molecule has 29 heavy (non-hydrogen) atoms. The Balaban J connectivity index is 1.60. The average Bonchev–Trinajstić information content (AvgIpc) is 3.27. The van der Waals surface area contributed by atoms with E-state index in [2.05, 4.69) is 21.6 Å². The van der Waals surface area contributed by atoms with Gasteiger partial charge in [0.15, 0.2) is 0 Å². The smallest absolute Gasteiger partial charge is 0.309 e. The molecule has 0 radical (unpaired) electrons. The third-order valence-corrected chi connectivity index (χ3v) is 5.89. The van der Waals surface area contributed by atoms with Crippen LogP contribution < -0.4 is 15.4 Å². The highest BCUT2D eigenvalue weighted by molar-refractivity contribution is 7.10. The number of rotatable bonds is 7. The highest BCUT2D eigenvalue weighted by Crippen LogP contribution is 2.29. The predicted octanol–water partition coefficient (Wildman–Crippen LogP) is 1.95. The fraction of sp³-hybridized carbons (Fsp3) is 0.429. The van der Waals surface area contributed by atoms with Crippen molar-refractivity contribution in [2.24, 2.45) is 0 Å². The topological polar surface area (TPSA) is 79.9 Å². The molecule has 1 aliphatic heterocycles. The first-order chi connectivity index (χ1) is 14.1. The molecular weight excluding hydrogens is 390 g/mol. The summed E-state index contributed by atoms with van der Waals surface area (Å²) >= 11 is 1.65. The van der Waals surface area contributed by atoms with Crippen LogP contribution in [0.4, 0.5) is 0 Å². The van der Waals surface area contributed by atoms with Crippen LogP contribution in [0.5, 0.6) is 5.75 Å². The minimum absolute atomic E-state index is 0.00451. The molecule has 156 valence electrons. The molecule has 1 aromatic heterocycles. The van der Waals surface area contributed by atoms with E-state index < -0.39 is 11.8 Å². The second-order valence-corrected chi connectivity index (χ2v) is 7.84. The Morgan fingerprint density at radius 2 is 1.93 bits per heavy atom. The molecule has 8 heteroatoms. The van der Waals surface area contributed by atoms with Crippen LogP contribution in [0.3, 0.4) is 0 Å². The van der Waals surface area contributed by atoms with Gasteiger partial charge in [-0.25, -0.2) is 0 Å². The van der Waals surface area contributed by atoms with Gasteiger partial charge in [-0.1, -0.05) is 24.3 Å². The summed E-state index contributed by atoms with van der Waals surface area (Å²) in [5, 5.41) is 7.57. The van der Waals surface area contributed by atoms with E-state index in [-0.39, 0.29) is 18.6 Å². The summed E-state index contributed by atoms with van der Waals surface area (Å²) in [5.74, 6) is -0.622. The molecule has 1 fully saturated rings. The molecule has 0 saturated carbocycles. The molecule has 2 N–H and O–H groups in total. The van der Waals surface area contributed by atoms with Gasteiger partial charge < -0.3 is 20.1 Å². The fourth-order valence-electron chi connectivity index (χ4n) is 3.51. The van der Waals surface area contributed by atoms with Crippen LogP contribution in [0.1, 0.15) is 23.4 Å². The average molecular weight is 418 g/mol. The van der Waals surface area contributed by atoms with Crippen molar-refractivity contribution in [2.75, 3.05) is 33.4 Å². The van der Waals surface area contributed by atoms with Crippen LogP contribution in [0.2, 0.25) is 0 Å². The zero-order valence-electron chi connectivity index (χ0n) is 16.7. The van der Waals surface area contributed by atoms with E-state index in [0.717, 1.165) is 23.5 Å². The standard InChI is InChI=1S/C21H27N3O4S/c1-15(19(18-8-5-13-29-18)24-9-11-28-12-10-24)23-21(26)20(25)22-14-16-6-3-4-7-17(16)27-2/h3-8,13,15,19H,9-12,14H2,1-2H3,(H,22,25)(H,23,26). The third kappa shape index (κ3) is 5.56. The lowest BCUT2D eigenvalue weighted by Gasteiger charge is -2.37. The van der Waals surface area contributed by atoms with Crippen molar-refractivity contribution < 1.29 is 19.1 Å². The summed E-state index contributed by atoms with van der Waals surface area (Å²) in [5.41, 5.74) is 0.814. The van der Waals surface area contributed by atoms with Gasteiger partial charge in [-0.2, -0.15) is 0 Å². The molecule has 2 amide bonds. The van der Waals surface area contributed by atoms with Crippen LogP contribution in [-0.4, -0.2) is 56.2 Å². The summed E-state index contributed by atoms with van der Waals surface area (Å²) in [7, 11) is 1.57. The van der Waals surface area contributed by atoms with E-state index in [1.165, 1.54) is 0 Å². The van der Waals surface area contributed by atoms with Crippen molar-refractivity contribution >= 4 is 23.2 Å². The summed E-state index contributed by atoms with van der Waals surface area (Å²) < 4.78 is 10.7. The maximum atomic E-state index is 12.5. The van der Waals surface area contributed by atoms with Crippen LogP contribution in [-0.2, 0) is 20.9 Å². The number of amides is 2. The zero-order valence-corrected chi connectivity index (χ0v) is 17.5. The molecule has 1 aromatic carbocycles. The van der Waals surface area contributed by atoms with Gasteiger partial charge in [-0.3, -0.25) is 14.5 Å². The molecule has 0 spiro atoms. The van der Waals surface area contributed by atoms with Crippen molar-refractivity contribution in [1.82, 2.24) is 15.5 Å². The van der Waals surface area contributed by atoms with Crippen LogP contribution >= 0.6 is 11.3 Å². The monoisotopic (exact) mass is 417 g/mol. The van der Waals surface area contributed by atoms with Crippen molar-refractivity contribution in [3.63, 3.8) is 0 Å². The highest BCUT2D eigenvalue weighted by Gasteiger charge is 2.30. The van der Waals surface area contributed by atoms with Crippen molar-refractivity contribution in [3.05, 3.63) is 52.2 Å². The van der Waals surface area contributed by atoms with Gasteiger partial charge in [0.25, 0.3) is 0 Å². The molecule has 2 atom stereocenters. The number of ether oxygens (including phenoxy) is 2. The third-order valence-electron chi connectivity index (χ3n) is 4.94. The first-order valence-electron chi connectivity index (χ1n) is 9.66. The normalized spacial score (nSPS) is 16.6. The van der Waals surface area contributed by atoms with Gasteiger partial charge in [0.05, 0.1) is 26.4 Å². The number of para-hydroxylation sites is 1. The number of carbonyl (C=O) groups is 2. The lowest BCUT2D eigenvalue weighted by molar-refractivity contribution is -0.140. The molecule has 1 aliphatic rings. The molecule has 0 bridgehead atoms. The largest absolute Gasteiger partial charge is 0.496 e. The molecule has 7 nitrogen and oxygen atoms in total. The summed E-state index contributed by atoms with van der Waals surface area (Å²) in [6.07, 6.45) is 0. The Morgan fingerprint density at radius 3 is 2.62 bits per heavy atom.